The Morgan fingerprint density at radius 2 is 1.95 bits per heavy atom. The standard InChI is InChI=1S/C14H18Cl3NO/c1-9-6-5-7-13(10(9)15)8-18(12(2,3)4)11(19)14(13,16)17/h5-7,10H,8H2,1-4H3/t10-,13?/m1/s1. The summed E-state index contributed by atoms with van der Waals surface area (Å²) in [4.78, 5) is 14.3. The second kappa shape index (κ2) is 4.41. The Morgan fingerprint density at radius 1 is 1.37 bits per heavy atom. The van der Waals surface area contributed by atoms with Gasteiger partial charge < -0.3 is 4.90 Å². The number of amides is 1. The fourth-order valence-electron chi connectivity index (χ4n) is 2.69. The largest absolute Gasteiger partial charge is 0.334 e. The van der Waals surface area contributed by atoms with Gasteiger partial charge in [-0.1, -0.05) is 47.0 Å². The first-order valence-corrected chi connectivity index (χ1v) is 7.43. The van der Waals surface area contributed by atoms with Gasteiger partial charge in [0.1, 0.15) is 0 Å². The van der Waals surface area contributed by atoms with Gasteiger partial charge in [-0.15, -0.1) is 11.6 Å². The van der Waals surface area contributed by atoms with Crippen LogP contribution in [0.2, 0.25) is 0 Å². The van der Waals surface area contributed by atoms with Crippen molar-refractivity contribution >= 4 is 40.7 Å². The maximum atomic E-state index is 12.5. The summed E-state index contributed by atoms with van der Waals surface area (Å²) in [5, 5.41) is -0.385. The molecule has 1 fully saturated rings. The van der Waals surface area contributed by atoms with E-state index in [-0.39, 0.29) is 16.8 Å². The molecule has 19 heavy (non-hydrogen) atoms. The van der Waals surface area contributed by atoms with Gasteiger partial charge in [-0.25, -0.2) is 0 Å². The quantitative estimate of drug-likeness (QED) is 0.619. The molecule has 0 saturated carbocycles. The average molecular weight is 323 g/mol. The molecule has 0 aromatic carbocycles. The summed E-state index contributed by atoms with van der Waals surface area (Å²) in [7, 11) is 0. The van der Waals surface area contributed by atoms with Crippen molar-refractivity contribution in [3.05, 3.63) is 23.8 Å². The number of halogens is 3. The van der Waals surface area contributed by atoms with E-state index in [1.165, 1.54) is 0 Å². The van der Waals surface area contributed by atoms with E-state index in [1.807, 2.05) is 45.9 Å². The number of allylic oxidation sites excluding steroid dienone is 3. The first kappa shape index (κ1) is 15.2. The molecule has 106 valence electrons. The highest BCUT2D eigenvalue weighted by atomic mass is 35.5. The van der Waals surface area contributed by atoms with E-state index in [2.05, 4.69) is 0 Å². The predicted octanol–water partition coefficient (Wildman–Crippen LogP) is 3.91. The van der Waals surface area contributed by atoms with Crippen LogP contribution in [0.3, 0.4) is 0 Å². The van der Waals surface area contributed by atoms with Gasteiger partial charge in [-0.3, -0.25) is 4.79 Å². The summed E-state index contributed by atoms with van der Waals surface area (Å²) in [6.07, 6.45) is 5.69. The lowest BCUT2D eigenvalue weighted by atomic mass is 9.76. The molecule has 1 aliphatic heterocycles. The highest BCUT2D eigenvalue weighted by Crippen LogP contribution is 2.56. The number of carbonyl (C=O) groups is 1. The lowest BCUT2D eigenvalue weighted by molar-refractivity contribution is -0.132. The third kappa shape index (κ3) is 2.03. The van der Waals surface area contributed by atoms with Crippen LogP contribution in [-0.4, -0.2) is 32.6 Å². The molecule has 1 unspecified atom stereocenters. The van der Waals surface area contributed by atoms with Gasteiger partial charge in [0, 0.05) is 12.1 Å². The van der Waals surface area contributed by atoms with Gasteiger partial charge >= 0.3 is 0 Å². The molecular formula is C14H18Cl3NO. The summed E-state index contributed by atoms with van der Waals surface area (Å²) >= 11 is 19.4. The molecule has 0 aromatic rings. The van der Waals surface area contributed by atoms with Crippen LogP contribution in [0.1, 0.15) is 27.7 Å². The minimum atomic E-state index is -1.53. The van der Waals surface area contributed by atoms with Crippen LogP contribution in [0.25, 0.3) is 0 Å². The average Bonchev–Trinajstić information content (AvgIpc) is 2.47. The number of hydrogen-bond acceptors (Lipinski definition) is 1. The molecule has 2 aliphatic rings. The van der Waals surface area contributed by atoms with Crippen LogP contribution in [0.5, 0.6) is 0 Å². The molecule has 1 saturated heterocycles. The SMILES string of the molecule is CC1=CC=CC2(CN(C(C)(C)C)C(=O)C2(Cl)Cl)[C@@H]1Cl. The van der Waals surface area contributed by atoms with E-state index in [0.717, 1.165) is 5.57 Å². The lowest BCUT2D eigenvalue weighted by Crippen LogP contribution is -2.47. The van der Waals surface area contributed by atoms with Crippen LogP contribution in [0.4, 0.5) is 0 Å². The third-order valence-corrected chi connectivity index (χ3v) is 5.69. The minimum Gasteiger partial charge on any atom is -0.334 e. The molecule has 2 atom stereocenters. The van der Waals surface area contributed by atoms with Gasteiger partial charge in [0.15, 0.2) is 0 Å². The van der Waals surface area contributed by atoms with E-state index in [1.54, 1.807) is 4.90 Å². The molecule has 1 amide bonds. The zero-order valence-electron chi connectivity index (χ0n) is 11.5. The molecule has 1 aliphatic carbocycles. The van der Waals surface area contributed by atoms with Crippen molar-refractivity contribution in [2.75, 3.05) is 6.54 Å². The van der Waals surface area contributed by atoms with Crippen LogP contribution < -0.4 is 0 Å². The number of alkyl halides is 3. The maximum absolute atomic E-state index is 12.5. The molecule has 1 heterocycles. The Morgan fingerprint density at radius 3 is 2.42 bits per heavy atom. The number of rotatable bonds is 0. The normalized spacial score (nSPS) is 34.1. The fraction of sp³-hybridized carbons (Fsp3) is 0.643. The first-order valence-electron chi connectivity index (χ1n) is 6.24. The van der Waals surface area contributed by atoms with Crippen molar-refractivity contribution in [3.63, 3.8) is 0 Å². The lowest BCUT2D eigenvalue weighted by Gasteiger charge is -2.39. The van der Waals surface area contributed by atoms with Crippen molar-refractivity contribution in [2.24, 2.45) is 5.41 Å². The van der Waals surface area contributed by atoms with Crippen molar-refractivity contribution in [3.8, 4) is 0 Å². The Labute approximate surface area is 129 Å². The predicted molar refractivity (Wildman–Crippen MR) is 80.9 cm³/mol. The Bertz CT molecular complexity index is 476. The molecule has 0 bridgehead atoms. The van der Waals surface area contributed by atoms with E-state index in [9.17, 15) is 4.79 Å². The van der Waals surface area contributed by atoms with Gasteiger partial charge in [0.2, 0.25) is 4.33 Å². The molecule has 2 nitrogen and oxygen atoms in total. The van der Waals surface area contributed by atoms with E-state index in [4.69, 9.17) is 34.8 Å². The maximum Gasteiger partial charge on any atom is 0.260 e. The summed E-state index contributed by atoms with van der Waals surface area (Å²) in [6.45, 7) is 8.25. The molecule has 0 aromatic heterocycles. The van der Waals surface area contributed by atoms with Crippen molar-refractivity contribution < 1.29 is 4.79 Å². The Kier molecular flexibility index (Phi) is 3.53. The molecule has 5 heteroatoms. The summed E-state index contributed by atoms with van der Waals surface area (Å²) in [5.74, 6) is -0.270. The summed E-state index contributed by atoms with van der Waals surface area (Å²) < 4.78 is -1.53. The van der Waals surface area contributed by atoms with Crippen LogP contribution >= 0.6 is 34.8 Å². The molecular weight excluding hydrogens is 305 g/mol. The number of hydrogen-bond donors (Lipinski definition) is 0. The zero-order chi connectivity index (χ0) is 14.6. The Balaban J connectivity index is 2.52. The van der Waals surface area contributed by atoms with Gasteiger partial charge in [0.05, 0.1) is 10.8 Å². The van der Waals surface area contributed by atoms with Crippen LogP contribution in [0.15, 0.2) is 23.8 Å². The molecule has 1 spiro atoms. The second-order valence-electron chi connectivity index (χ2n) is 6.31. The molecule has 0 N–H and O–H groups in total. The topological polar surface area (TPSA) is 20.3 Å². The monoisotopic (exact) mass is 321 g/mol. The van der Waals surface area contributed by atoms with E-state index in [0.29, 0.717) is 6.54 Å². The number of nitrogens with zero attached hydrogens (tertiary/aromatic N) is 1. The van der Waals surface area contributed by atoms with Gasteiger partial charge in [-0.05, 0) is 27.7 Å². The van der Waals surface area contributed by atoms with E-state index >= 15 is 0 Å². The zero-order valence-corrected chi connectivity index (χ0v) is 13.8. The smallest absolute Gasteiger partial charge is 0.260 e. The summed E-state index contributed by atoms with van der Waals surface area (Å²) in [6, 6.07) is 0. The number of likely N-dealkylation sites (tertiary alicyclic amines) is 1. The second-order valence-corrected chi connectivity index (χ2v) is 8.07. The molecule has 0 radical (unpaired) electrons. The van der Waals surface area contributed by atoms with Crippen molar-refractivity contribution in [1.82, 2.24) is 4.90 Å². The highest BCUT2D eigenvalue weighted by molar-refractivity contribution is 6.59. The minimum absolute atomic E-state index is 0.270. The highest BCUT2D eigenvalue weighted by Gasteiger charge is 2.66. The van der Waals surface area contributed by atoms with Crippen molar-refractivity contribution in [2.45, 2.75) is 42.9 Å². The third-order valence-electron chi connectivity index (χ3n) is 3.93. The van der Waals surface area contributed by atoms with Gasteiger partial charge in [-0.2, -0.15) is 0 Å². The first-order chi connectivity index (χ1) is 8.54. The van der Waals surface area contributed by atoms with Crippen molar-refractivity contribution in [1.29, 1.82) is 0 Å². The fourth-order valence-corrected chi connectivity index (χ4v) is 3.84. The van der Waals surface area contributed by atoms with Crippen LogP contribution in [0, 0.1) is 5.41 Å². The summed E-state index contributed by atoms with van der Waals surface area (Å²) in [5.41, 5.74) is -0.144. The molecule has 2 rings (SSSR count). The van der Waals surface area contributed by atoms with E-state index < -0.39 is 9.75 Å². The Hall–Kier alpha value is -0.180. The van der Waals surface area contributed by atoms with Gasteiger partial charge in [0.25, 0.3) is 5.91 Å². The number of carbonyl (C=O) groups excluding carboxylic acids is 1. The van der Waals surface area contributed by atoms with Crippen LogP contribution in [-0.2, 0) is 4.79 Å².